The van der Waals surface area contributed by atoms with Gasteiger partial charge in [-0.15, -0.1) is 0 Å². The van der Waals surface area contributed by atoms with E-state index in [9.17, 15) is 0 Å². The van der Waals surface area contributed by atoms with E-state index in [1.165, 1.54) is 10.8 Å². The molecule has 0 saturated heterocycles. The molecule has 0 unspecified atom stereocenters. The number of anilines is 1. The van der Waals surface area contributed by atoms with Gasteiger partial charge in [-0.1, -0.05) is 64.5 Å². The van der Waals surface area contributed by atoms with Crippen LogP contribution in [0.15, 0.2) is 87.8 Å². The molecule has 0 spiro atoms. The molecular weight excluding hydrogens is 362 g/mol. The van der Waals surface area contributed by atoms with Gasteiger partial charge in [0.25, 0.3) is 0 Å². The van der Waals surface area contributed by atoms with Crippen LogP contribution in [0.1, 0.15) is 5.76 Å². The molecule has 0 atom stereocenters. The first kappa shape index (κ1) is 15.0. The monoisotopic (exact) mass is 377 g/mol. The first-order chi connectivity index (χ1) is 11.8. The molecular formula is C21H16BrNO. The summed E-state index contributed by atoms with van der Waals surface area (Å²) in [4.78, 5) is 0. The standard InChI is InChI=1S/C21H16BrNO/c22-17-10-8-16(9-11-17)21-13-12-18(24-21)14-23-20-7-3-5-15-4-1-2-6-19(15)20/h1-13,23H,14H2. The van der Waals surface area contributed by atoms with Crippen molar-refractivity contribution in [2.24, 2.45) is 0 Å². The van der Waals surface area contributed by atoms with E-state index in [2.05, 4.69) is 63.7 Å². The molecule has 2 nitrogen and oxygen atoms in total. The maximum absolute atomic E-state index is 5.97. The highest BCUT2D eigenvalue weighted by molar-refractivity contribution is 9.10. The lowest BCUT2D eigenvalue weighted by Crippen LogP contribution is -1.98. The van der Waals surface area contributed by atoms with Crippen molar-refractivity contribution in [1.82, 2.24) is 0 Å². The summed E-state index contributed by atoms with van der Waals surface area (Å²) >= 11 is 3.45. The van der Waals surface area contributed by atoms with Crippen molar-refractivity contribution in [3.05, 3.63) is 89.1 Å². The first-order valence-corrected chi connectivity index (χ1v) is 8.65. The average Bonchev–Trinajstić information content (AvgIpc) is 3.09. The number of fused-ring (bicyclic) bond motifs is 1. The molecule has 3 heteroatoms. The van der Waals surface area contributed by atoms with Crippen LogP contribution < -0.4 is 5.32 Å². The predicted molar refractivity (Wildman–Crippen MR) is 103 cm³/mol. The van der Waals surface area contributed by atoms with E-state index in [1.54, 1.807) is 0 Å². The van der Waals surface area contributed by atoms with Crippen LogP contribution in [0.5, 0.6) is 0 Å². The lowest BCUT2D eigenvalue weighted by atomic mass is 10.1. The van der Waals surface area contributed by atoms with Gasteiger partial charge in [0, 0.05) is 21.1 Å². The number of benzene rings is 3. The van der Waals surface area contributed by atoms with E-state index in [1.807, 2.05) is 36.4 Å². The number of rotatable bonds is 4. The van der Waals surface area contributed by atoms with Gasteiger partial charge in [0.05, 0.1) is 6.54 Å². The minimum atomic E-state index is 0.657. The highest BCUT2D eigenvalue weighted by atomic mass is 79.9. The van der Waals surface area contributed by atoms with Crippen molar-refractivity contribution >= 4 is 32.4 Å². The highest BCUT2D eigenvalue weighted by Crippen LogP contribution is 2.26. The second-order valence-corrected chi connectivity index (χ2v) is 6.57. The van der Waals surface area contributed by atoms with Gasteiger partial charge < -0.3 is 9.73 Å². The van der Waals surface area contributed by atoms with E-state index in [0.717, 1.165) is 27.2 Å². The van der Waals surface area contributed by atoms with Crippen LogP contribution in [-0.4, -0.2) is 0 Å². The van der Waals surface area contributed by atoms with Crippen molar-refractivity contribution in [1.29, 1.82) is 0 Å². The summed E-state index contributed by atoms with van der Waals surface area (Å²) in [5, 5.41) is 5.93. The molecule has 0 bridgehead atoms. The average molecular weight is 378 g/mol. The molecule has 4 rings (SSSR count). The van der Waals surface area contributed by atoms with Crippen molar-refractivity contribution in [3.8, 4) is 11.3 Å². The SMILES string of the molecule is Brc1ccc(-c2ccc(CNc3cccc4ccccc34)o2)cc1. The second kappa shape index (κ2) is 6.54. The Labute approximate surface area is 149 Å². The molecule has 1 aromatic heterocycles. The zero-order chi connectivity index (χ0) is 16.4. The molecule has 0 aliphatic carbocycles. The van der Waals surface area contributed by atoms with Crippen LogP contribution in [-0.2, 0) is 6.54 Å². The normalized spacial score (nSPS) is 10.9. The second-order valence-electron chi connectivity index (χ2n) is 5.65. The highest BCUT2D eigenvalue weighted by Gasteiger charge is 2.06. The molecule has 1 N–H and O–H groups in total. The molecule has 0 fully saturated rings. The minimum Gasteiger partial charge on any atom is -0.459 e. The summed E-state index contributed by atoms with van der Waals surface area (Å²) in [6.45, 7) is 0.657. The third-order valence-corrected chi connectivity index (χ3v) is 4.56. The summed E-state index contributed by atoms with van der Waals surface area (Å²) in [7, 11) is 0. The molecule has 4 aromatic rings. The molecule has 118 valence electrons. The first-order valence-electron chi connectivity index (χ1n) is 7.86. The zero-order valence-electron chi connectivity index (χ0n) is 13.0. The van der Waals surface area contributed by atoms with E-state index < -0.39 is 0 Å². The van der Waals surface area contributed by atoms with Crippen molar-refractivity contribution in [2.75, 3.05) is 5.32 Å². The molecule has 3 aromatic carbocycles. The number of halogens is 1. The van der Waals surface area contributed by atoms with E-state index in [0.29, 0.717) is 6.54 Å². The third kappa shape index (κ3) is 3.08. The van der Waals surface area contributed by atoms with Crippen molar-refractivity contribution in [2.45, 2.75) is 6.54 Å². The maximum atomic E-state index is 5.97. The Bertz CT molecular complexity index is 967. The minimum absolute atomic E-state index is 0.657. The van der Waals surface area contributed by atoms with E-state index >= 15 is 0 Å². The molecule has 24 heavy (non-hydrogen) atoms. The number of nitrogens with one attached hydrogen (secondary N) is 1. The Morgan fingerprint density at radius 2 is 1.58 bits per heavy atom. The predicted octanol–water partition coefficient (Wildman–Crippen LogP) is 6.47. The fourth-order valence-electron chi connectivity index (χ4n) is 2.80. The third-order valence-electron chi connectivity index (χ3n) is 4.03. The fourth-order valence-corrected chi connectivity index (χ4v) is 3.07. The summed E-state index contributed by atoms with van der Waals surface area (Å²) in [5.41, 5.74) is 2.20. The quantitative estimate of drug-likeness (QED) is 0.440. The maximum Gasteiger partial charge on any atom is 0.134 e. The number of hydrogen-bond donors (Lipinski definition) is 1. The molecule has 0 radical (unpaired) electrons. The topological polar surface area (TPSA) is 25.2 Å². The smallest absolute Gasteiger partial charge is 0.134 e. The van der Waals surface area contributed by atoms with Gasteiger partial charge >= 0.3 is 0 Å². The summed E-state index contributed by atoms with van der Waals surface area (Å²) in [6, 6.07) is 26.8. The van der Waals surface area contributed by atoms with E-state index in [4.69, 9.17) is 4.42 Å². The van der Waals surface area contributed by atoms with Crippen molar-refractivity contribution < 1.29 is 4.42 Å². The number of hydrogen-bond acceptors (Lipinski definition) is 2. The lowest BCUT2D eigenvalue weighted by molar-refractivity contribution is 0.531. The van der Waals surface area contributed by atoms with Crippen LogP contribution in [0.25, 0.3) is 22.1 Å². The van der Waals surface area contributed by atoms with Crippen molar-refractivity contribution in [3.63, 3.8) is 0 Å². The lowest BCUT2D eigenvalue weighted by Gasteiger charge is -2.08. The summed E-state index contributed by atoms with van der Waals surface area (Å²) in [5.74, 6) is 1.80. The molecule has 0 amide bonds. The van der Waals surface area contributed by atoms with Crippen LogP contribution >= 0.6 is 15.9 Å². The van der Waals surface area contributed by atoms with Crippen LogP contribution in [0, 0.1) is 0 Å². The van der Waals surface area contributed by atoms with Gasteiger partial charge in [0.15, 0.2) is 0 Å². The Kier molecular flexibility index (Phi) is 4.09. The van der Waals surface area contributed by atoms with Crippen LogP contribution in [0.2, 0.25) is 0 Å². The Morgan fingerprint density at radius 1 is 0.792 bits per heavy atom. The summed E-state index contributed by atoms with van der Waals surface area (Å²) in [6.07, 6.45) is 0. The summed E-state index contributed by atoms with van der Waals surface area (Å²) < 4.78 is 7.03. The molecule has 0 aliphatic heterocycles. The van der Waals surface area contributed by atoms with Gasteiger partial charge in [0.1, 0.15) is 11.5 Å². The fraction of sp³-hybridized carbons (Fsp3) is 0.0476. The van der Waals surface area contributed by atoms with Gasteiger partial charge in [-0.3, -0.25) is 0 Å². The molecule has 1 heterocycles. The Balaban J connectivity index is 1.53. The van der Waals surface area contributed by atoms with Gasteiger partial charge in [-0.25, -0.2) is 0 Å². The Morgan fingerprint density at radius 3 is 2.46 bits per heavy atom. The van der Waals surface area contributed by atoms with Crippen LogP contribution in [0.3, 0.4) is 0 Å². The van der Waals surface area contributed by atoms with Gasteiger partial charge in [0.2, 0.25) is 0 Å². The largest absolute Gasteiger partial charge is 0.459 e. The van der Waals surface area contributed by atoms with Crippen LogP contribution in [0.4, 0.5) is 5.69 Å². The van der Waals surface area contributed by atoms with Gasteiger partial charge in [-0.2, -0.15) is 0 Å². The van der Waals surface area contributed by atoms with Gasteiger partial charge in [-0.05, 0) is 35.7 Å². The van der Waals surface area contributed by atoms with E-state index in [-0.39, 0.29) is 0 Å². The number of furan rings is 1. The zero-order valence-corrected chi connectivity index (χ0v) is 14.6. The Hall–Kier alpha value is -2.52. The molecule has 0 aliphatic rings. The molecule has 0 saturated carbocycles.